The van der Waals surface area contributed by atoms with Gasteiger partial charge in [0.05, 0.1) is 6.04 Å². The second-order valence-electron chi connectivity index (χ2n) is 3.81. The zero-order chi connectivity index (χ0) is 12.0. The number of carbonyl (C=O) groups is 1. The Morgan fingerprint density at radius 2 is 1.81 bits per heavy atom. The monoisotopic (exact) mass is 220 g/mol. The van der Waals surface area contributed by atoms with Crippen molar-refractivity contribution in [2.75, 3.05) is 13.1 Å². The lowest BCUT2D eigenvalue weighted by Crippen LogP contribution is -2.44. The first kappa shape index (κ1) is 12.7. The van der Waals surface area contributed by atoms with Crippen molar-refractivity contribution in [3.05, 3.63) is 35.9 Å². The van der Waals surface area contributed by atoms with Crippen molar-refractivity contribution in [1.29, 1.82) is 0 Å². The van der Waals surface area contributed by atoms with Gasteiger partial charge in [-0.1, -0.05) is 30.3 Å². The first-order valence-electron chi connectivity index (χ1n) is 5.77. The lowest BCUT2D eigenvalue weighted by Gasteiger charge is -2.22. The molecule has 0 bridgehead atoms. The number of rotatable bonds is 5. The fraction of sp³-hybridized carbons (Fsp3) is 0.462. The molecular formula is C13H20N2O. The van der Waals surface area contributed by atoms with Gasteiger partial charge in [-0.2, -0.15) is 0 Å². The van der Waals surface area contributed by atoms with Crippen LogP contribution in [-0.4, -0.2) is 29.9 Å². The molecule has 0 aliphatic rings. The van der Waals surface area contributed by atoms with E-state index in [9.17, 15) is 4.79 Å². The Labute approximate surface area is 97.2 Å². The summed E-state index contributed by atoms with van der Waals surface area (Å²) in [5, 5.41) is 0. The van der Waals surface area contributed by atoms with Gasteiger partial charge in [-0.25, -0.2) is 0 Å². The largest absolute Gasteiger partial charge is 0.342 e. The molecule has 1 aromatic carbocycles. The Kier molecular flexibility index (Phi) is 4.99. The van der Waals surface area contributed by atoms with Crippen LogP contribution in [0.2, 0.25) is 0 Å². The van der Waals surface area contributed by atoms with Gasteiger partial charge in [-0.05, 0) is 25.8 Å². The van der Waals surface area contributed by atoms with Crippen molar-refractivity contribution < 1.29 is 4.79 Å². The van der Waals surface area contributed by atoms with Crippen molar-refractivity contribution in [2.45, 2.75) is 26.3 Å². The summed E-state index contributed by atoms with van der Waals surface area (Å²) in [6.45, 7) is 5.38. The molecule has 1 atom stereocenters. The number of hydrogen-bond donors (Lipinski definition) is 1. The van der Waals surface area contributed by atoms with Gasteiger partial charge in [0.2, 0.25) is 5.91 Å². The first-order chi connectivity index (χ1) is 7.69. The van der Waals surface area contributed by atoms with Crippen LogP contribution in [0.4, 0.5) is 0 Å². The van der Waals surface area contributed by atoms with Gasteiger partial charge >= 0.3 is 0 Å². The molecule has 88 valence electrons. The fourth-order valence-corrected chi connectivity index (χ4v) is 1.73. The molecule has 0 fully saturated rings. The third kappa shape index (κ3) is 3.35. The highest BCUT2D eigenvalue weighted by molar-refractivity contribution is 5.81. The van der Waals surface area contributed by atoms with Crippen molar-refractivity contribution in [1.82, 2.24) is 4.90 Å². The maximum atomic E-state index is 11.9. The van der Waals surface area contributed by atoms with Crippen LogP contribution in [0.5, 0.6) is 0 Å². The number of hydrogen-bond acceptors (Lipinski definition) is 2. The number of carbonyl (C=O) groups excluding carboxylic acids is 1. The molecule has 0 aliphatic heterocycles. The van der Waals surface area contributed by atoms with E-state index in [1.54, 1.807) is 4.90 Å². The lowest BCUT2D eigenvalue weighted by molar-refractivity contribution is -0.132. The molecule has 0 saturated carbocycles. The summed E-state index contributed by atoms with van der Waals surface area (Å²) in [6, 6.07) is 9.45. The minimum atomic E-state index is -0.428. The molecule has 0 saturated heterocycles. The SMILES string of the molecule is CCN(CC)C(=O)C(N)Cc1ccccc1. The minimum absolute atomic E-state index is 0.0360. The average molecular weight is 220 g/mol. The number of nitrogens with zero attached hydrogens (tertiary/aromatic N) is 1. The topological polar surface area (TPSA) is 46.3 Å². The van der Waals surface area contributed by atoms with Gasteiger partial charge in [0.15, 0.2) is 0 Å². The van der Waals surface area contributed by atoms with Gasteiger partial charge in [0, 0.05) is 13.1 Å². The fourth-order valence-electron chi connectivity index (χ4n) is 1.73. The summed E-state index contributed by atoms with van der Waals surface area (Å²) >= 11 is 0. The standard InChI is InChI=1S/C13H20N2O/c1-3-15(4-2)13(16)12(14)10-11-8-6-5-7-9-11/h5-9,12H,3-4,10,14H2,1-2H3. The van der Waals surface area contributed by atoms with Gasteiger partial charge in [-0.3, -0.25) is 4.79 Å². The zero-order valence-corrected chi connectivity index (χ0v) is 10.0. The average Bonchev–Trinajstić information content (AvgIpc) is 2.31. The molecule has 1 rings (SSSR count). The third-order valence-electron chi connectivity index (χ3n) is 2.69. The van der Waals surface area contributed by atoms with Crippen LogP contribution in [-0.2, 0) is 11.2 Å². The van der Waals surface area contributed by atoms with E-state index in [2.05, 4.69) is 0 Å². The Morgan fingerprint density at radius 1 is 1.25 bits per heavy atom. The van der Waals surface area contributed by atoms with Crippen LogP contribution in [0.1, 0.15) is 19.4 Å². The Hall–Kier alpha value is -1.35. The summed E-state index contributed by atoms with van der Waals surface area (Å²) in [5.41, 5.74) is 7.02. The summed E-state index contributed by atoms with van der Waals surface area (Å²) in [7, 11) is 0. The minimum Gasteiger partial charge on any atom is -0.342 e. The molecule has 0 spiro atoms. The van der Waals surface area contributed by atoms with Crippen molar-refractivity contribution >= 4 is 5.91 Å². The molecule has 1 unspecified atom stereocenters. The predicted octanol–water partition coefficient (Wildman–Crippen LogP) is 1.42. The molecule has 1 aromatic rings. The normalized spacial score (nSPS) is 12.2. The van der Waals surface area contributed by atoms with Crippen molar-refractivity contribution in [3.63, 3.8) is 0 Å². The summed E-state index contributed by atoms with van der Waals surface area (Å²) < 4.78 is 0. The Balaban J connectivity index is 2.58. The number of benzene rings is 1. The van der Waals surface area contributed by atoms with Gasteiger partial charge < -0.3 is 10.6 Å². The molecule has 16 heavy (non-hydrogen) atoms. The predicted molar refractivity (Wildman–Crippen MR) is 66.0 cm³/mol. The van der Waals surface area contributed by atoms with Crippen LogP contribution < -0.4 is 5.73 Å². The van der Waals surface area contributed by atoms with Crippen LogP contribution in [0.25, 0.3) is 0 Å². The third-order valence-corrected chi connectivity index (χ3v) is 2.69. The molecule has 3 heteroatoms. The highest BCUT2D eigenvalue weighted by Crippen LogP contribution is 2.04. The smallest absolute Gasteiger partial charge is 0.239 e. The van der Waals surface area contributed by atoms with E-state index < -0.39 is 6.04 Å². The molecule has 0 aromatic heterocycles. The van der Waals surface area contributed by atoms with E-state index in [1.165, 1.54) is 0 Å². The molecule has 2 N–H and O–H groups in total. The number of likely N-dealkylation sites (N-methyl/N-ethyl adjacent to an activating group) is 1. The summed E-state index contributed by atoms with van der Waals surface area (Å²) in [6.07, 6.45) is 0.607. The van der Waals surface area contributed by atoms with Crippen LogP contribution in [0, 0.1) is 0 Å². The van der Waals surface area contributed by atoms with E-state index in [4.69, 9.17) is 5.73 Å². The Morgan fingerprint density at radius 3 is 2.31 bits per heavy atom. The van der Waals surface area contributed by atoms with Crippen LogP contribution >= 0.6 is 0 Å². The highest BCUT2D eigenvalue weighted by Gasteiger charge is 2.18. The summed E-state index contributed by atoms with van der Waals surface area (Å²) in [4.78, 5) is 13.7. The van der Waals surface area contributed by atoms with E-state index in [1.807, 2.05) is 44.2 Å². The maximum Gasteiger partial charge on any atom is 0.239 e. The first-order valence-corrected chi connectivity index (χ1v) is 5.77. The molecule has 0 radical (unpaired) electrons. The van der Waals surface area contributed by atoms with Gasteiger partial charge in [0.25, 0.3) is 0 Å². The second kappa shape index (κ2) is 6.28. The van der Waals surface area contributed by atoms with Crippen LogP contribution in [0.3, 0.4) is 0 Å². The lowest BCUT2D eigenvalue weighted by atomic mass is 10.1. The van der Waals surface area contributed by atoms with E-state index in [0.717, 1.165) is 18.7 Å². The van der Waals surface area contributed by atoms with Crippen molar-refractivity contribution in [3.8, 4) is 0 Å². The zero-order valence-electron chi connectivity index (χ0n) is 10.0. The van der Waals surface area contributed by atoms with Crippen molar-refractivity contribution in [2.24, 2.45) is 5.73 Å². The highest BCUT2D eigenvalue weighted by atomic mass is 16.2. The molecule has 0 aliphatic carbocycles. The number of nitrogens with two attached hydrogens (primary N) is 1. The van der Waals surface area contributed by atoms with E-state index >= 15 is 0 Å². The molecule has 3 nitrogen and oxygen atoms in total. The summed E-state index contributed by atoms with van der Waals surface area (Å²) in [5.74, 6) is 0.0360. The number of amides is 1. The van der Waals surface area contributed by atoms with E-state index in [-0.39, 0.29) is 5.91 Å². The molecule has 0 heterocycles. The van der Waals surface area contributed by atoms with Crippen LogP contribution in [0.15, 0.2) is 30.3 Å². The van der Waals surface area contributed by atoms with E-state index in [0.29, 0.717) is 6.42 Å². The molecular weight excluding hydrogens is 200 g/mol. The quantitative estimate of drug-likeness (QED) is 0.816. The second-order valence-corrected chi connectivity index (χ2v) is 3.81. The Bertz CT molecular complexity index is 320. The van der Waals surface area contributed by atoms with Gasteiger partial charge in [-0.15, -0.1) is 0 Å². The molecule has 1 amide bonds. The maximum absolute atomic E-state index is 11.9. The van der Waals surface area contributed by atoms with Gasteiger partial charge in [0.1, 0.15) is 0 Å².